The van der Waals surface area contributed by atoms with E-state index >= 15 is 0 Å². The molecule has 0 amide bonds. The fourth-order valence-corrected chi connectivity index (χ4v) is 4.86. The van der Waals surface area contributed by atoms with Gasteiger partial charge in [0, 0.05) is 16.3 Å². The van der Waals surface area contributed by atoms with Crippen LogP contribution in [0, 0.1) is 0 Å². The van der Waals surface area contributed by atoms with Crippen LogP contribution in [0.4, 0.5) is 0 Å². The van der Waals surface area contributed by atoms with Gasteiger partial charge in [-0.05, 0) is 59.7 Å². The molecule has 0 spiro atoms. The van der Waals surface area contributed by atoms with Gasteiger partial charge in [0.2, 0.25) is 0 Å². The topological polar surface area (TPSA) is 43.8 Å². The van der Waals surface area contributed by atoms with Crippen molar-refractivity contribution in [3.8, 4) is 0 Å². The van der Waals surface area contributed by atoms with Gasteiger partial charge in [0.15, 0.2) is 0 Å². The van der Waals surface area contributed by atoms with E-state index in [1.54, 1.807) is 4.88 Å². The maximum absolute atomic E-state index is 6.56. The first kappa shape index (κ1) is 15.3. The summed E-state index contributed by atoms with van der Waals surface area (Å²) in [6.07, 6.45) is 9.36. The number of hydrogen-bond acceptors (Lipinski definition) is 3. The zero-order valence-electron chi connectivity index (χ0n) is 12.4. The molecule has 0 fully saturated rings. The van der Waals surface area contributed by atoms with Crippen LogP contribution in [0.5, 0.6) is 0 Å². The summed E-state index contributed by atoms with van der Waals surface area (Å²) in [4.78, 5) is 2.83. The van der Waals surface area contributed by atoms with Crippen LogP contribution >= 0.6 is 27.3 Å². The standard InChI is InChI=1S/C16H22BrN3S/c1-2-8-20-16(12(17)10-19-20)15(18)14-9-11-6-4-3-5-7-13(11)21-14/h9-10,15H,2-8,18H2,1H3. The summed E-state index contributed by atoms with van der Waals surface area (Å²) in [7, 11) is 0. The Labute approximate surface area is 138 Å². The molecule has 2 heterocycles. The molecule has 2 N–H and O–H groups in total. The average molecular weight is 368 g/mol. The largest absolute Gasteiger partial charge is 0.318 e. The van der Waals surface area contributed by atoms with E-state index in [0.717, 1.165) is 23.1 Å². The minimum atomic E-state index is -0.0784. The molecule has 2 aromatic heterocycles. The molecule has 1 aliphatic carbocycles. The van der Waals surface area contributed by atoms with Crippen LogP contribution in [-0.4, -0.2) is 9.78 Å². The molecule has 2 aromatic rings. The van der Waals surface area contributed by atoms with Gasteiger partial charge < -0.3 is 5.73 Å². The van der Waals surface area contributed by atoms with Gasteiger partial charge in [0.05, 0.1) is 22.4 Å². The minimum Gasteiger partial charge on any atom is -0.318 e. The van der Waals surface area contributed by atoms with Crippen molar-refractivity contribution in [2.75, 3.05) is 0 Å². The second-order valence-corrected chi connectivity index (χ2v) is 7.76. The average Bonchev–Trinajstić information content (AvgIpc) is 2.97. The summed E-state index contributed by atoms with van der Waals surface area (Å²) < 4.78 is 3.06. The summed E-state index contributed by atoms with van der Waals surface area (Å²) in [5.74, 6) is 0. The van der Waals surface area contributed by atoms with E-state index in [0.29, 0.717) is 0 Å². The Morgan fingerprint density at radius 1 is 1.38 bits per heavy atom. The molecule has 21 heavy (non-hydrogen) atoms. The molecule has 0 saturated carbocycles. The smallest absolute Gasteiger partial charge is 0.0828 e. The molecule has 3 nitrogen and oxygen atoms in total. The summed E-state index contributed by atoms with van der Waals surface area (Å²) in [6, 6.07) is 2.26. The zero-order chi connectivity index (χ0) is 14.8. The summed E-state index contributed by atoms with van der Waals surface area (Å²) in [5, 5.41) is 4.44. The summed E-state index contributed by atoms with van der Waals surface area (Å²) >= 11 is 5.51. The monoisotopic (exact) mass is 367 g/mol. The van der Waals surface area contributed by atoms with Crippen molar-refractivity contribution in [2.45, 2.75) is 58.0 Å². The normalized spacial score (nSPS) is 16.5. The molecule has 0 saturated heterocycles. The van der Waals surface area contributed by atoms with Gasteiger partial charge in [-0.3, -0.25) is 4.68 Å². The molecule has 3 rings (SSSR count). The number of halogens is 1. The fourth-order valence-electron chi connectivity index (χ4n) is 3.05. The van der Waals surface area contributed by atoms with E-state index < -0.39 is 0 Å². The maximum atomic E-state index is 6.56. The molecule has 1 aliphatic rings. The Hall–Kier alpha value is -0.650. The summed E-state index contributed by atoms with van der Waals surface area (Å²) in [6.45, 7) is 3.08. The number of nitrogens with zero attached hydrogens (tertiary/aromatic N) is 2. The molecule has 1 atom stereocenters. The number of hydrogen-bond donors (Lipinski definition) is 1. The van der Waals surface area contributed by atoms with Crippen LogP contribution < -0.4 is 5.73 Å². The first-order valence-electron chi connectivity index (χ1n) is 7.79. The lowest BCUT2D eigenvalue weighted by Gasteiger charge is -2.13. The molecule has 0 radical (unpaired) electrons. The molecule has 114 valence electrons. The van der Waals surface area contributed by atoms with Crippen LogP contribution in [-0.2, 0) is 19.4 Å². The third kappa shape index (κ3) is 3.10. The zero-order valence-corrected chi connectivity index (χ0v) is 14.8. The van der Waals surface area contributed by atoms with Gasteiger partial charge in [-0.2, -0.15) is 5.10 Å². The highest BCUT2D eigenvalue weighted by atomic mass is 79.9. The van der Waals surface area contributed by atoms with E-state index in [4.69, 9.17) is 5.73 Å². The Kier molecular flexibility index (Phi) is 4.82. The number of nitrogens with two attached hydrogens (primary N) is 1. The first-order chi connectivity index (χ1) is 10.2. The predicted octanol–water partition coefficient (Wildman–Crippen LogP) is 4.43. The summed E-state index contributed by atoms with van der Waals surface area (Å²) in [5.41, 5.74) is 9.20. The van der Waals surface area contributed by atoms with Crippen LogP contribution in [0.2, 0.25) is 0 Å². The Morgan fingerprint density at radius 2 is 2.19 bits per heavy atom. The van der Waals surface area contributed by atoms with Crippen molar-refractivity contribution < 1.29 is 0 Å². The lowest BCUT2D eigenvalue weighted by molar-refractivity contribution is 0.560. The highest BCUT2D eigenvalue weighted by molar-refractivity contribution is 9.10. The molecular weight excluding hydrogens is 346 g/mol. The van der Waals surface area contributed by atoms with Crippen molar-refractivity contribution in [3.05, 3.63) is 37.7 Å². The SMILES string of the molecule is CCCn1ncc(Br)c1C(N)c1cc2c(s1)CCCCC2. The maximum Gasteiger partial charge on any atom is 0.0828 e. The molecule has 5 heteroatoms. The molecule has 0 aliphatic heterocycles. The Bertz CT molecular complexity index is 594. The van der Waals surface area contributed by atoms with Gasteiger partial charge in [-0.1, -0.05) is 13.3 Å². The Morgan fingerprint density at radius 3 is 3.00 bits per heavy atom. The molecule has 0 bridgehead atoms. The van der Waals surface area contributed by atoms with E-state index in [9.17, 15) is 0 Å². The van der Waals surface area contributed by atoms with Crippen LogP contribution in [0.15, 0.2) is 16.7 Å². The van der Waals surface area contributed by atoms with E-state index in [1.165, 1.54) is 42.5 Å². The molecule has 0 aromatic carbocycles. The van der Waals surface area contributed by atoms with Gasteiger partial charge in [-0.15, -0.1) is 11.3 Å². The molecule has 1 unspecified atom stereocenters. The fraction of sp³-hybridized carbons (Fsp3) is 0.562. The van der Waals surface area contributed by atoms with E-state index in [2.05, 4.69) is 34.0 Å². The predicted molar refractivity (Wildman–Crippen MR) is 91.8 cm³/mol. The number of fused-ring (bicyclic) bond motifs is 1. The third-order valence-electron chi connectivity index (χ3n) is 4.14. The minimum absolute atomic E-state index is 0.0784. The van der Waals surface area contributed by atoms with Crippen LogP contribution in [0.1, 0.15) is 59.7 Å². The Balaban J connectivity index is 1.92. The number of aromatic nitrogens is 2. The van der Waals surface area contributed by atoms with E-state index in [-0.39, 0.29) is 6.04 Å². The highest BCUT2D eigenvalue weighted by Gasteiger charge is 2.22. The van der Waals surface area contributed by atoms with Crippen LogP contribution in [0.25, 0.3) is 0 Å². The third-order valence-corrected chi connectivity index (χ3v) is 6.07. The van der Waals surface area contributed by atoms with Gasteiger partial charge in [-0.25, -0.2) is 0 Å². The van der Waals surface area contributed by atoms with Crippen LogP contribution in [0.3, 0.4) is 0 Å². The first-order valence-corrected chi connectivity index (χ1v) is 9.40. The van der Waals surface area contributed by atoms with Gasteiger partial charge in [0.25, 0.3) is 0 Å². The lowest BCUT2D eigenvalue weighted by Crippen LogP contribution is -2.17. The molecular formula is C16H22BrN3S. The van der Waals surface area contributed by atoms with Crippen molar-refractivity contribution in [1.29, 1.82) is 0 Å². The van der Waals surface area contributed by atoms with Crippen molar-refractivity contribution >= 4 is 27.3 Å². The second kappa shape index (κ2) is 6.63. The lowest BCUT2D eigenvalue weighted by atomic mass is 10.1. The number of rotatable bonds is 4. The number of thiophene rings is 1. The van der Waals surface area contributed by atoms with Gasteiger partial charge in [0.1, 0.15) is 0 Å². The highest BCUT2D eigenvalue weighted by Crippen LogP contribution is 2.35. The van der Waals surface area contributed by atoms with E-state index in [1.807, 2.05) is 22.2 Å². The van der Waals surface area contributed by atoms with Crippen molar-refractivity contribution in [1.82, 2.24) is 9.78 Å². The quantitative estimate of drug-likeness (QED) is 0.811. The second-order valence-electron chi connectivity index (χ2n) is 5.74. The number of aryl methyl sites for hydroxylation is 3. The van der Waals surface area contributed by atoms with Gasteiger partial charge >= 0.3 is 0 Å². The van der Waals surface area contributed by atoms with Crippen molar-refractivity contribution in [3.63, 3.8) is 0 Å². The van der Waals surface area contributed by atoms with Crippen molar-refractivity contribution in [2.24, 2.45) is 5.73 Å².